The summed E-state index contributed by atoms with van der Waals surface area (Å²) in [4.78, 5) is 36.2. The number of sulfone groups is 1. The van der Waals surface area contributed by atoms with Crippen molar-refractivity contribution in [3.63, 3.8) is 0 Å². The molecule has 2 N–H and O–H groups in total. The van der Waals surface area contributed by atoms with Crippen molar-refractivity contribution < 1.29 is 36.3 Å². The molecule has 36 heavy (non-hydrogen) atoms. The molecular formula is C24H21F3N2O6S. The van der Waals surface area contributed by atoms with Gasteiger partial charge < -0.3 is 10.4 Å². The fraction of sp³-hybridized carbons (Fsp3) is 0.208. The van der Waals surface area contributed by atoms with Crippen molar-refractivity contribution in [3.8, 4) is 5.69 Å². The van der Waals surface area contributed by atoms with Crippen molar-refractivity contribution in [2.24, 2.45) is 0 Å². The number of pyridine rings is 1. The van der Waals surface area contributed by atoms with Crippen LogP contribution in [-0.2, 0) is 27.4 Å². The van der Waals surface area contributed by atoms with Crippen molar-refractivity contribution in [3.05, 3.63) is 93.4 Å². The number of hydrogen-bond donors (Lipinski definition) is 2. The number of carboxylic acid groups (broad SMARTS) is 1. The topological polar surface area (TPSA) is 123 Å². The van der Waals surface area contributed by atoms with E-state index in [4.69, 9.17) is 5.11 Å². The number of amides is 1. The summed E-state index contributed by atoms with van der Waals surface area (Å²) in [5.41, 5.74) is -1.23. The Balaban J connectivity index is 1.78. The van der Waals surface area contributed by atoms with Crippen LogP contribution >= 0.6 is 0 Å². The molecule has 0 saturated carbocycles. The molecule has 0 unspecified atom stereocenters. The van der Waals surface area contributed by atoms with Gasteiger partial charge in [0, 0.05) is 17.9 Å². The first-order valence-electron chi connectivity index (χ1n) is 10.5. The van der Waals surface area contributed by atoms with Crippen molar-refractivity contribution in [1.82, 2.24) is 9.88 Å². The van der Waals surface area contributed by atoms with Gasteiger partial charge in [0.25, 0.3) is 11.5 Å². The first-order chi connectivity index (χ1) is 16.8. The van der Waals surface area contributed by atoms with Crippen LogP contribution in [0.15, 0.2) is 70.4 Å². The Kier molecular flexibility index (Phi) is 7.68. The monoisotopic (exact) mass is 522 g/mol. The Morgan fingerprint density at radius 2 is 1.69 bits per heavy atom. The Labute approximate surface area is 203 Å². The Bertz CT molecular complexity index is 1460. The average Bonchev–Trinajstić information content (AvgIpc) is 2.81. The zero-order valence-corrected chi connectivity index (χ0v) is 19.7. The third-order valence-corrected chi connectivity index (χ3v) is 7.01. The number of benzene rings is 2. The van der Waals surface area contributed by atoms with Crippen LogP contribution in [0.5, 0.6) is 0 Å². The second kappa shape index (κ2) is 10.4. The number of aromatic nitrogens is 1. The van der Waals surface area contributed by atoms with Gasteiger partial charge in [0.05, 0.1) is 22.6 Å². The van der Waals surface area contributed by atoms with Crippen LogP contribution in [0.4, 0.5) is 13.2 Å². The highest BCUT2D eigenvalue weighted by Crippen LogP contribution is 2.30. The van der Waals surface area contributed by atoms with E-state index in [0.717, 1.165) is 16.7 Å². The van der Waals surface area contributed by atoms with E-state index in [1.807, 2.05) is 0 Å². The van der Waals surface area contributed by atoms with Gasteiger partial charge in [-0.05, 0) is 55.0 Å². The van der Waals surface area contributed by atoms with Gasteiger partial charge in [-0.2, -0.15) is 13.2 Å². The number of halogens is 3. The van der Waals surface area contributed by atoms with Gasteiger partial charge >= 0.3 is 12.1 Å². The van der Waals surface area contributed by atoms with Gasteiger partial charge in [0.1, 0.15) is 5.56 Å². The average molecular weight is 523 g/mol. The van der Waals surface area contributed by atoms with Crippen LogP contribution in [0, 0.1) is 6.92 Å². The number of carboxylic acids is 1. The summed E-state index contributed by atoms with van der Waals surface area (Å²) in [5.74, 6) is -2.55. The summed E-state index contributed by atoms with van der Waals surface area (Å²) in [7, 11) is -3.78. The maximum atomic E-state index is 13.1. The molecular weight excluding hydrogens is 501 g/mol. The standard InChI is InChI=1S/C24H21F3N2O6S/c1-15-5-10-20(23(33)29(15)18-4-2-3-17(13-18)24(25,26)27)22(32)28-14-16-6-8-19(9-7-16)36(34,35)12-11-21(30)31/h2-10,13H,11-12,14H2,1H3,(H,28,32)(H,30,31). The molecule has 0 fully saturated rings. The second-order valence-electron chi connectivity index (χ2n) is 7.87. The molecule has 190 valence electrons. The second-order valence-corrected chi connectivity index (χ2v) is 9.98. The summed E-state index contributed by atoms with van der Waals surface area (Å²) < 4.78 is 64.6. The number of carbonyl (C=O) groups is 2. The maximum absolute atomic E-state index is 13.1. The first kappa shape index (κ1) is 26.7. The lowest BCUT2D eigenvalue weighted by molar-refractivity contribution is -0.138. The minimum absolute atomic E-state index is 0.0401. The van der Waals surface area contributed by atoms with E-state index in [9.17, 15) is 36.0 Å². The van der Waals surface area contributed by atoms with E-state index in [1.165, 1.54) is 55.5 Å². The number of alkyl halides is 3. The van der Waals surface area contributed by atoms with Crippen molar-refractivity contribution in [2.45, 2.75) is 31.0 Å². The maximum Gasteiger partial charge on any atom is 0.416 e. The molecule has 12 heteroatoms. The number of nitrogens with zero attached hydrogens (tertiary/aromatic N) is 1. The van der Waals surface area contributed by atoms with E-state index in [1.54, 1.807) is 0 Å². The first-order valence-corrected chi connectivity index (χ1v) is 12.2. The van der Waals surface area contributed by atoms with Gasteiger partial charge in [-0.1, -0.05) is 18.2 Å². The number of aryl methyl sites for hydroxylation is 1. The van der Waals surface area contributed by atoms with Crippen molar-refractivity contribution in [2.75, 3.05) is 5.75 Å². The summed E-state index contributed by atoms with van der Waals surface area (Å²) in [6.07, 6.45) is -5.14. The van der Waals surface area contributed by atoms with Crippen molar-refractivity contribution >= 4 is 21.7 Å². The number of carbonyl (C=O) groups excluding carboxylic acids is 1. The molecule has 1 amide bonds. The molecule has 8 nitrogen and oxygen atoms in total. The van der Waals surface area contributed by atoms with Crippen molar-refractivity contribution in [1.29, 1.82) is 0 Å². The summed E-state index contributed by atoms with van der Waals surface area (Å²) >= 11 is 0. The molecule has 1 aromatic heterocycles. The quantitative estimate of drug-likeness (QED) is 0.468. The molecule has 0 bridgehead atoms. The summed E-state index contributed by atoms with van der Waals surface area (Å²) in [6, 6.07) is 12.3. The summed E-state index contributed by atoms with van der Waals surface area (Å²) in [5, 5.41) is 11.2. The van der Waals surface area contributed by atoms with Crippen LogP contribution in [0.25, 0.3) is 5.69 Å². The van der Waals surface area contributed by atoms with Gasteiger partial charge in [-0.25, -0.2) is 8.42 Å². The van der Waals surface area contributed by atoms with E-state index in [0.29, 0.717) is 11.3 Å². The predicted octanol–water partition coefficient (Wildman–Crippen LogP) is 3.34. The molecule has 0 aliphatic heterocycles. The molecule has 0 radical (unpaired) electrons. The predicted molar refractivity (Wildman–Crippen MR) is 124 cm³/mol. The Morgan fingerprint density at radius 1 is 1.03 bits per heavy atom. The van der Waals surface area contributed by atoms with E-state index < -0.39 is 51.2 Å². The lowest BCUT2D eigenvalue weighted by Gasteiger charge is -2.14. The highest BCUT2D eigenvalue weighted by atomic mass is 32.2. The smallest absolute Gasteiger partial charge is 0.416 e. The summed E-state index contributed by atoms with van der Waals surface area (Å²) in [6.45, 7) is 1.46. The minimum Gasteiger partial charge on any atom is -0.481 e. The normalized spacial score (nSPS) is 11.8. The fourth-order valence-electron chi connectivity index (χ4n) is 3.38. The zero-order valence-electron chi connectivity index (χ0n) is 18.9. The SMILES string of the molecule is Cc1ccc(C(=O)NCc2ccc(S(=O)(=O)CCC(=O)O)cc2)c(=O)n1-c1cccc(C(F)(F)F)c1. The minimum atomic E-state index is -4.60. The molecule has 0 saturated heterocycles. The van der Waals surface area contributed by atoms with Crippen LogP contribution in [0.3, 0.4) is 0 Å². The number of rotatable bonds is 8. The van der Waals surface area contributed by atoms with Gasteiger partial charge in [-0.15, -0.1) is 0 Å². The highest BCUT2D eigenvalue weighted by molar-refractivity contribution is 7.91. The lowest BCUT2D eigenvalue weighted by Crippen LogP contribution is -2.33. The molecule has 2 aromatic carbocycles. The molecule has 3 aromatic rings. The molecule has 3 rings (SSSR count). The van der Waals surface area contributed by atoms with Crippen LogP contribution < -0.4 is 10.9 Å². The molecule has 0 aliphatic carbocycles. The number of aliphatic carboxylic acids is 1. The van der Waals surface area contributed by atoms with E-state index in [2.05, 4.69) is 5.32 Å². The molecule has 1 heterocycles. The van der Waals surface area contributed by atoms with E-state index in [-0.39, 0.29) is 22.7 Å². The largest absolute Gasteiger partial charge is 0.481 e. The van der Waals surface area contributed by atoms with Crippen LogP contribution in [0.2, 0.25) is 0 Å². The Morgan fingerprint density at radius 3 is 2.31 bits per heavy atom. The zero-order chi connectivity index (χ0) is 26.7. The lowest BCUT2D eigenvalue weighted by atomic mass is 10.1. The van der Waals surface area contributed by atoms with Crippen LogP contribution in [0.1, 0.15) is 33.6 Å². The molecule has 0 spiro atoms. The van der Waals surface area contributed by atoms with Gasteiger partial charge in [-0.3, -0.25) is 19.0 Å². The molecule has 0 atom stereocenters. The van der Waals surface area contributed by atoms with Gasteiger partial charge in [0.2, 0.25) is 0 Å². The van der Waals surface area contributed by atoms with E-state index >= 15 is 0 Å². The highest BCUT2D eigenvalue weighted by Gasteiger charge is 2.30. The number of hydrogen-bond acceptors (Lipinski definition) is 5. The third-order valence-electron chi connectivity index (χ3n) is 5.27. The Hall–Kier alpha value is -3.93. The number of nitrogens with one attached hydrogen (secondary N) is 1. The third kappa shape index (κ3) is 6.19. The van der Waals surface area contributed by atoms with Gasteiger partial charge in [0.15, 0.2) is 9.84 Å². The fourth-order valence-corrected chi connectivity index (χ4v) is 4.61. The van der Waals surface area contributed by atoms with Crippen LogP contribution in [-0.4, -0.2) is 35.7 Å². The molecule has 0 aliphatic rings.